The van der Waals surface area contributed by atoms with Crippen LogP contribution in [0.5, 0.6) is 0 Å². The van der Waals surface area contributed by atoms with Gasteiger partial charge < -0.3 is 4.74 Å². The second-order valence-electron chi connectivity index (χ2n) is 3.81. The number of nitrogens with zero attached hydrogens (tertiary/aromatic N) is 1. The van der Waals surface area contributed by atoms with Gasteiger partial charge in [-0.15, -0.1) is 0 Å². The molecule has 15 heavy (non-hydrogen) atoms. The number of rotatable bonds is 1. The summed E-state index contributed by atoms with van der Waals surface area (Å²) in [5, 5.41) is 0. The summed E-state index contributed by atoms with van der Waals surface area (Å²) in [7, 11) is 0. The van der Waals surface area contributed by atoms with Crippen LogP contribution in [-0.2, 0) is 21.1 Å². The zero-order chi connectivity index (χ0) is 11.3. The van der Waals surface area contributed by atoms with Crippen LogP contribution in [0.2, 0.25) is 0 Å². The van der Waals surface area contributed by atoms with E-state index in [1.54, 1.807) is 0 Å². The number of aliphatic imine (C=N–C) groups is 1. The molecule has 0 aliphatic carbocycles. The monoisotopic (exact) mass is 317 g/mol. The molecule has 0 saturated carbocycles. The van der Waals surface area contributed by atoms with Crippen molar-refractivity contribution in [2.75, 3.05) is 6.61 Å². The molecular weight excluding hydrogens is 307 g/mol. The summed E-state index contributed by atoms with van der Waals surface area (Å²) in [5.74, 6) is 0.749. The topological polar surface area (TPSA) is 21.6 Å². The predicted molar refractivity (Wildman–Crippen MR) is 60.8 cm³/mol. The Balaban J connectivity index is 0.000000531. The first-order valence-electron chi connectivity index (χ1n) is 4.63. The molecule has 0 spiro atoms. The van der Waals surface area contributed by atoms with Crippen molar-refractivity contribution in [3.63, 3.8) is 0 Å². The summed E-state index contributed by atoms with van der Waals surface area (Å²) < 4.78 is 5.49. The summed E-state index contributed by atoms with van der Waals surface area (Å²) in [5.41, 5.74) is 0.957. The molecule has 2 nitrogen and oxygen atoms in total. The molecule has 0 bridgehead atoms. The quantitative estimate of drug-likeness (QED) is 0.576. The first kappa shape index (κ1) is 12.9. The van der Waals surface area contributed by atoms with Crippen LogP contribution in [0.1, 0.15) is 19.4 Å². The molecule has 0 amide bonds. The van der Waals surface area contributed by atoms with Crippen LogP contribution >= 0.6 is 13.6 Å². The summed E-state index contributed by atoms with van der Waals surface area (Å²) in [6, 6.07) is 10.6. The van der Waals surface area contributed by atoms with Crippen molar-refractivity contribution in [3.05, 3.63) is 35.9 Å². The molecule has 1 aliphatic rings. The van der Waals surface area contributed by atoms with Crippen molar-refractivity contribution in [1.29, 1.82) is 0 Å². The van der Waals surface area contributed by atoms with E-state index < -0.39 is 0 Å². The van der Waals surface area contributed by atoms with Gasteiger partial charge in [0.15, 0.2) is 5.90 Å². The van der Waals surface area contributed by atoms with E-state index in [1.807, 2.05) is 24.3 Å². The van der Waals surface area contributed by atoms with Gasteiger partial charge in [0, 0.05) is 0 Å². The van der Waals surface area contributed by atoms with E-state index in [9.17, 15) is 0 Å². The zero-order valence-electron chi connectivity index (χ0n) is 8.96. The van der Waals surface area contributed by atoms with Crippen LogP contribution in [0, 0.1) is 6.07 Å². The van der Waals surface area contributed by atoms with Gasteiger partial charge in [0.2, 0.25) is 0 Å². The van der Waals surface area contributed by atoms with Gasteiger partial charge >= 0.3 is 30.0 Å². The Morgan fingerprint density at radius 1 is 1.40 bits per heavy atom. The molecule has 0 radical (unpaired) electrons. The number of halogens is 1. The third-order valence-electron chi connectivity index (χ3n) is 1.93. The Labute approximate surface area is 107 Å². The summed E-state index contributed by atoms with van der Waals surface area (Å²) in [4.78, 5) is 4.47. The predicted octanol–water partition coefficient (Wildman–Crippen LogP) is 2.89. The van der Waals surface area contributed by atoms with E-state index in [0.717, 1.165) is 11.5 Å². The van der Waals surface area contributed by atoms with Crippen LogP contribution in [0.25, 0.3) is 0 Å². The third-order valence-corrected chi connectivity index (χ3v) is 1.93. The van der Waals surface area contributed by atoms with Crippen LogP contribution < -0.4 is 0 Å². The molecule has 2 rings (SSSR count). The Kier molecular flexibility index (Phi) is 4.94. The van der Waals surface area contributed by atoms with E-state index in [2.05, 4.69) is 38.5 Å². The number of benzene rings is 1. The average Bonchev–Trinajstić information content (AvgIpc) is 2.63. The zero-order valence-corrected chi connectivity index (χ0v) is 13.5. The normalized spacial score (nSPS) is 17.3. The van der Waals surface area contributed by atoms with E-state index in [-0.39, 0.29) is 5.54 Å². The maximum atomic E-state index is 5.49. The minimum absolute atomic E-state index is 0.0745. The van der Waals surface area contributed by atoms with Gasteiger partial charge in [-0.25, -0.2) is 4.99 Å². The van der Waals surface area contributed by atoms with Crippen LogP contribution in [0.4, 0.5) is 0 Å². The van der Waals surface area contributed by atoms with Gasteiger partial charge in [0.05, 0.1) is 5.54 Å². The molecule has 0 aromatic heterocycles. The van der Waals surface area contributed by atoms with Crippen LogP contribution in [0.15, 0.2) is 29.3 Å². The van der Waals surface area contributed by atoms with Gasteiger partial charge in [-0.2, -0.15) is 30.3 Å². The van der Waals surface area contributed by atoms with E-state index in [0.29, 0.717) is 6.61 Å². The molecule has 0 unspecified atom stereocenters. The Hall–Kier alpha value is -0.207. The van der Waals surface area contributed by atoms with Gasteiger partial charge in [-0.3, -0.25) is 0 Å². The number of hydrogen-bond donors (Lipinski definition) is 0. The van der Waals surface area contributed by atoms with Crippen molar-refractivity contribution in [2.45, 2.75) is 19.4 Å². The Morgan fingerprint density at radius 2 is 2.00 bits per heavy atom. The molecule has 1 aromatic rings. The first-order valence-corrected chi connectivity index (χ1v) is 11.6. The molecule has 4 heteroatoms. The molecule has 1 aromatic carbocycles. The van der Waals surface area contributed by atoms with Gasteiger partial charge in [-0.1, -0.05) is 5.56 Å². The van der Waals surface area contributed by atoms with E-state index in [4.69, 9.17) is 4.74 Å². The van der Waals surface area contributed by atoms with E-state index >= 15 is 0 Å². The average molecular weight is 320 g/mol. The molecule has 1 aliphatic heterocycles. The fraction of sp³-hybridized carbons (Fsp3) is 0.364. The fourth-order valence-corrected chi connectivity index (χ4v) is 1.26. The van der Waals surface area contributed by atoms with Gasteiger partial charge in [0.25, 0.3) is 0 Å². The van der Waals surface area contributed by atoms with Crippen LogP contribution in [-0.4, -0.2) is 18.0 Å². The molecule has 0 N–H and O–H groups in total. The summed E-state index contributed by atoms with van der Waals surface area (Å²) in [6.45, 7) is 4.80. The van der Waals surface area contributed by atoms with Crippen molar-refractivity contribution in [1.82, 2.24) is 0 Å². The van der Waals surface area contributed by atoms with Gasteiger partial charge in [0.1, 0.15) is 6.61 Å². The molecule has 0 saturated heterocycles. The SMILES string of the molecule is CC1(C)COC(c2cc[c-]cc2)=N1.[Zn+][Br]. The number of hydrogen-bond acceptors (Lipinski definition) is 2. The Bertz CT molecular complexity index is 338. The molecular formula is C11H12BrNOZn. The standard InChI is InChI=1S/C11H12NO.BrH.Zn/c1-11(2)8-13-10(12-11)9-6-4-3-5-7-9;;/h4-7H,8H2,1-2H3;1H;/q-1;;+2/p-1. The van der Waals surface area contributed by atoms with Crippen molar-refractivity contribution in [3.8, 4) is 0 Å². The minimum atomic E-state index is -0.0745. The van der Waals surface area contributed by atoms with Crippen molar-refractivity contribution >= 4 is 19.5 Å². The first-order chi connectivity index (χ1) is 7.17. The van der Waals surface area contributed by atoms with Crippen LogP contribution in [0.3, 0.4) is 0 Å². The fourth-order valence-electron chi connectivity index (χ4n) is 1.26. The second-order valence-corrected chi connectivity index (χ2v) is 3.81. The molecule has 76 valence electrons. The Morgan fingerprint density at radius 3 is 2.47 bits per heavy atom. The molecule has 0 atom stereocenters. The molecule has 0 fully saturated rings. The number of ether oxygens (including phenoxy) is 1. The second kappa shape index (κ2) is 5.76. The van der Waals surface area contributed by atoms with E-state index in [1.165, 1.54) is 16.3 Å². The summed E-state index contributed by atoms with van der Waals surface area (Å²) in [6.07, 6.45) is 0. The summed E-state index contributed by atoms with van der Waals surface area (Å²) >= 11 is 4.25. The van der Waals surface area contributed by atoms with Gasteiger partial charge in [-0.05, 0) is 13.8 Å². The maximum absolute atomic E-state index is 5.49. The molecule has 1 heterocycles. The van der Waals surface area contributed by atoms with Crippen molar-refractivity contribution < 1.29 is 21.1 Å². The third kappa shape index (κ3) is 3.69. The van der Waals surface area contributed by atoms with Crippen molar-refractivity contribution in [2.24, 2.45) is 4.99 Å².